The van der Waals surface area contributed by atoms with Crippen LogP contribution in [0.4, 0.5) is 0 Å². The van der Waals surface area contributed by atoms with E-state index in [2.05, 4.69) is 40.5 Å². The Balaban J connectivity index is 1.67. The van der Waals surface area contributed by atoms with Crippen molar-refractivity contribution in [2.24, 2.45) is 0 Å². The molecule has 2 aromatic heterocycles. The minimum absolute atomic E-state index is 0.818. The molecule has 1 N–H and O–H groups in total. The molecular weight excluding hydrogens is 250 g/mol. The molecular formula is C13H17NOS2. The lowest BCUT2D eigenvalue weighted by Gasteiger charge is -2.01. The fourth-order valence-corrected chi connectivity index (χ4v) is 2.76. The molecule has 0 aromatic carbocycles. The van der Waals surface area contributed by atoms with Gasteiger partial charge in [-0.15, -0.1) is 0 Å². The second kappa shape index (κ2) is 6.89. The van der Waals surface area contributed by atoms with E-state index in [1.54, 1.807) is 23.1 Å². The first kappa shape index (κ1) is 12.7. The van der Waals surface area contributed by atoms with Crippen molar-refractivity contribution >= 4 is 23.1 Å². The Kier molecular flexibility index (Phi) is 5.16. The van der Waals surface area contributed by atoms with E-state index in [-0.39, 0.29) is 0 Å². The second-order valence-corrected chi connectivity index (χ2v) is 5.51. The highest BCUT2D eigenvalue weighted by atomic mass is 32.2. The van der Waals surface area contributed by atoms with Crippen LogP contribution in [0.5, 0.6) is 0 Å². The van der Waals surface area contributed by atoms with Crippen LogP contribution in [0.3, 0.4) is 0 Å². The van der Waals surface area contributed by atoms with Crippen molar-refractivity contribution in [3.8, 4) is 0 Å². The average Bonchev–Trinajstić information content (AvgIpc) is 2.96. The van der Waals surface area contributed by atoms with Crippen LogP contribution in [0.25, 0.3) is 0 Å². The molecule has 0 aliphatic carbocycles. The highest BCUT2D eigenvalue weighted by Gasteiger charge is 2.01. The molecule has 0 amide bonds. The minimum atomic E-state index is 0.818. The van der Waals surface area contributed by atoms with Gasteiger partial charge in [0.25, 0.3) is 0 Å². The summed E-state index contributed by atoms with van der Waals surface area (Å²) in [6.45, 7) is 1.81. The maximum Gasteiger partial charge on any atom is 0.117 e. The van der Waals surface area contributed by atoms with Crippen LogP contribution in [0.1, 0.15) is 17.1 Å². The summed E-state index contributed by atoms with van der Waals surface area (Å²) >= 11 is 3.54. The first-order valence-electron chi connectivity index (χ1n) is 5.67. The maximum atomic E-state index is 5.68. The van der Waals surface area contributed by atoms with Gasteiger partial charge in [0.2, 0.25) is 0 Å². The van der Waals surface area contributed by atoms with Gasteiger partial charge in [0.05, 0.1) is 12.3 Å². The summed E-state index contributed by atoms with van der Waals surface area (Å²) in [7, 11) is 0. The van der Waals surface area contributed by atoms with E-state index in [1.165, 1.54) is 5.56 Å². The molecule has 0 spiro atoms. The van der Waals surface area contributed by atoms with E-state index in [0.717, 1.165) is 36.8 Å². The van der Waals surface area contributed by atoms with E-state index < -0.39 is 0 Å². The fourth-order valence-electron chi connectivity index (χ4n) is 1.62. The highest BCUT2D eigenvalue weighted by molar-refractivity contribution is 7.97. The number of hydrogen-bond donors (Lipinski definition) is 1. The molecule has 0 saturated heterocycles. The molecule has 0 unspecified atom stereocenters. The van der Waals surface area contributed by atoms with Crippen LogP contribution in [-0.4, -0.2) is 12.8 Å². The Labute approximate surface area is 110 Å². The summed E-state index contributed by atoms with van der Waals surface area (Å²) in [4.78, 5) is 0. The van der Waals surface area contributed by atoms with Crippen LogP contribution in [0.2, 0.25) is 0 Å². The Bertz CT molecular complexity index is 422. The van der Waals surface area contributed by atoms with Gasteiger partial charge in [-0.25, -0.2) is 0 Å². The third kappa shape index (κ3) is 4.22. The zero-order valence-electron chi connectivity index (χ0n) is 9.94. The zero-order chi connectivity index (χ0) is 11.9. The number of thiophene rings is 1. The molecule has 0 saturated carbocycles. The molecule has 92 valence electrons. The summed E-state index contributed by atoms with van der Waals surface area (Å²) in [5.41, 5.74) is 1.41. The Morgan fingerprint density at radius 1 is 1.29 bits per heavy atom. The second-order valence-electron chi connectivity index (χ2n) is 3.86. The fraction of sp³-hybridized carbons (Fsp3) is 0.385. The van der Waals surface area contributed by atoms with Gasteiger partial charge >= 0.3 is 0 Å². The first-order valence-corrected chi connectivity index (χ1v) is 8.00. The van der Waals surface area contributed by atoms with E-state index in [1.807, 2.05) is 0 Å². The molecule has 0 aliphatic heterocycles. The van der Waals surface area contributed by atoms with Gasteiger partial charge in [0.15, 0.2) is 0 Å². The van der Waals surface area contributed by atoms with Crippen LogP contribution in [0, 0.1) is 0 Å². The van der Waals surface area contributed by atoms with Crippen LogP contribution in [0.15, 0.2) is 33.4 Å². The largest absolute Gasteiger partial charge is 0.464 e. The van der Waals surface area contributed by atoms with Crippen molar-refractivity contribution in [1.29, 1.82) is 0 Å². The van der Waals surface area contributed by atoms with Crippen LogP contribution < -0.4 is 5.32 Å². The molecule has 4 heteroatoms. The number of rotatable bonds is 7. The minimum Gasteiger partial charge on any atom is -0.464 e. The van der Waals surface area contributed by atoms with Crippen molar-refractivity contribution in [3.63, 3.8) is 0 Å². The average molecular weight is 267 g/mol. The maximum absolute atomic E-state index is 5.68. The van der Waals surface area contributed by atoms with Crippen molar-refractivity contribution in [1.82, 2.24) is 5.32 Å². The van der Waals surface area contributed by atoms with Crippen molar-refractivity contribution in [2.45, 2.75) is 18.7 Å². The van der Waals surface area contributed by atoms with Crippen molar-refractivity contribution in [3.05, 3.63) is 46.0 Å². The summed E-state index contributed by atoms with van der Waals surface area (Å²) in [5, 5.41) is 7.72. The highest BCUT2D eigenvalue weighted by Crippen LogP contribution is 2.13. The Hall–Kier alpha value is -0.710. The lowest BCUT2D eigenvalue weighted by atomic mass is 10.2. The third-order valence-corrected chi connectivity index (χ3v) is 3.78. The van der Waals surface area contributed by atoms with Gasteiger partial charge in [-0.2, -0.15) is 23.1 Å². The standard InChI is InChI=1S/C13H17NOS2/c1-16-10-13-3-2-12(15-13)8-14-6-4-11-5-7-17-9-11/h2-3,5,7,9,14H,4,6,8,10H2,1H3. The number of hydrogen-bond acceptors (Lipinski definition) is 4. The normalized spacial score (nSPS) is 10.9. The molecule has 2 heterocycles. The number of nitrogens with one attached hydrogen (secondary N) is 1. The molecule has 2 nitrogen and oxygen atoms in total. The lowest BCUT2D eigenvalue weighted by Crippen LogP contribution is -2.15. The third-order valence-electron chi connectivity index (χ3n) is 2.47. The monoisotopic (exact) mass is 267 g/mol. The molecule has 0 bridgehead atoms. The Morgan fingerprint density at radius 2 is 2.18 bits per heavy atom. The molecule has 0 atom stereocenters. The predicted octanol–water partition coefficient (Wildman–Crippen LogP) is 3.54. The Morgan fingerprint density at radius 3 is 2.94 bits per heavy atom. The quantitative estimate of drug-likeness (QED) is 0.777. The predicted molar refractivity (Wildman–Crippen MR) is 75.7 cm³/mol. The van der Waals surface area contributed by atoms with Crippen molar-refractivity contribution in [2.75, 3.05) is 12.8 Å². The van der Waals surface area contributed by atoms with Gasteiger partial charge in [0, 0.05) is 0 Å². The molecule has 2 rings (SSSR count). The van der Waals surface area contributed by atoms with Gasteiger partial charge in [-0.1, -0.05) is 0 Å². The number of thioether (sulfide) groups is 1. The van der Waals surface area contributed by atoms with E-state index in [9.17, 15) is 0 Å². The molecule has 0 radical (unpaired) electrons. The molecule has 2 aromatic rings. The summed E-state index contributed by atoms with van der Waals surface area (Å²) in [6, 6.07) is 6.30. The number of furan rings is 1. The molecule has 0 aliphatic rings. The molecule has 17 heavy (non-hydrogen) atoms. The topological polar surface area (TPSA) is 25.2 Å². The summed E-state index contributed by atoms with van der Waals surface area (Å²) < 4.78 is 5.68. The van der Waals surface area contributed by atoms with E-state index >= 15 is 0 Å². The van der Waals surface area contributed by atoms with Crippen LogP contribution in [-0.2, 0) is 18.7 Å². The summed E-state index contributed by atoms with van der Waals surface area (Å²) in [6.07, 6.45) is 3.17. The molecule has 0 fully saturated rings. The zero-order valence-corrected chi connectivity index (χ0v) is 11.6. The van der Waals surface area contributed by atoms with Gasteiger partial charge in [0.1, 0.15) is 11.5 Å². The van der Waals surface area contributed by atoms with E-state index in [0.29, 0.717) is 0 Å². The van der Waals surface area contributed by atoms with Gasteiger partial charge < -0.3 is 9.73 Å². The summed E-state index contributed by atoms with van der Waals surface area (Å²) in [5.74, 6) is 3.04. The van der Waals surface area contributed by atoms with Crippen molar-refractivity contribution < 1.29 is 4.42 Å². The van der Waals surface area contributed by atoms with Gasteiger partial charge in [-0.3, -0.25) is 0 Å². The lowest BCUT2D eigenvalue weighted by molar-refractivity contribution is 0.460. The SMILES string of the molecule is CSCc1ccc(CNCCc2ccsc2)o1. The smallest absolute Gasteiger partial charge is 0.117 e. The van der Waals surface area contributed by atoms with E-state index in [4.69, 9.17) is 4.42 Å². The first-order chi connectivity index (χ1) is 8.38. The van der Waals surface area contributed by atoms with Crippen LogP contribution >= 0.6 is 23.1 Å². The van der Waals surface area contributed by atoms with Gasteiger partial charge in [-0.05, 0) is 53.7 Å².